The number of esters is 1. The van der Waals surface area contributed by atoms with Crippen LogP contribution in [0, 0.1) is 6.92 Å². The maximum atomic E-state index is 13.6. The SMILES string of the molecule is C=CCOC(=O)c1sc(N2C(=O)C(=O)/C(=C(/O)c3ccc(OCCC)cc3)C2c2ccc(OCC)c(OC)c2)nc1C. The Hall–Kier alpha value is -4.64. The molecule has 0 aliphatic carbocycles. The number of carbonyl (C=O) groups is 3. The molecule has 2 aromatic carbocycles. The van der Waals surface area contributed by atoms with Crippen molar-refractivity contribution < 1.29 is 38.4 Å². The Morgan fingerprint density at radius 2 is 1.86 bits per heavy atom. The molecule has 1 N–H and O–H groups in total. The molecule has 1 aliphatic heterocycles. The number of ether oxygens (including phenoxy) is 4. The number of amides is 1. The van der Waals surface area contributed by atoms with Gasteiger partial charge in [0.25, 0.3) is 5.78 Å². The summed E-state index contributed by atoms with van der Waals surface area (Å²) < 4.78 is 22.0. The molecule has 1 aromatic heterocycles. The minimum Gasteiger partial charge on any atom is -0.507 e. The van der Waals surface area contributed by atoms with Crippen molar-refractivity contribution in [3.8, 4) is 17.2 Å². The van der Waals surface area contributed by atoms with Crippen LogP contribution in [0.3, 0.4) is 0 Å². The van der Waals surface area contributed by atoms with E-state index < -0.39 is 23.7 Å². The minimum atomic E-state index is -1.09. The predicted molar refractivity (Wildman–Crippen MR) is 159 cm³/mol. The molecule has 10 nitrogen and oxygen atoms in total. The average Bonchev–Trinajstić information content (AvgIpc) is 3.51. The van der Waals surface area contributed by atoms with Gasteiger partial charge >= 0.3 is 11.9 Å². The molecule has 3 aromatic rings. The third-order valence-electron chi connectivity index (χ3n) is 6.36. The quantitative estimate of drug-likeness (QED) is 0.0938. The lowest BCUT2D eigenvalue weighted by Crippen LogP contribution is -2.29. The number of carbonyl (C=O) groups excluding carboxylic acids is 3. The molecule has 0 bridgehead atoms. The summed E-state index contributed by atoms with van der Waals surface area (Å²) >= 11 is 0.916. The molecular formula is C31H32N2O8S. The van der Waals surface area contributed by atoms with Gasteiger partial charge in [-0.15, -0.1) is 0 Å². The van der Waals surface area contributed by atoms with Gasteiger partial charge in [-0.1, -0.05) is 37.0 Å². The number of aliphatic hydroxyl groups excluding tert-OH is 1. The van der Waals surface area contributed by atoms with Gasteiger partial charge in [-0.05, 0) is 62.2 Å². The van der Waals surface area contributed by atoms with Crippen LogP contribution in [0.15, 0.2) is 60.7 Å². The topological polar surface area (TPSA) is 124 Å². The van der Waals surface area contributed by atoms with Crippen LogP contribution < -0.4 is 19.1 Å². The van der Waals surface area contributed by atoms with Crippen molar-refractivity contribution >= 4 is 39.9 Å². The molecule has 1 atom stereocenters. The lowest BCUT2D eigenvalue weighted by atomic mass is 9.95. The average molecular weight is 593 g/mol. The summed E-state index contributed by atoms with van der Waals surface area (Å²) in [5.41, 5.74) is 0.972. The molecular weight excluding hydrogens is 560 g/mol. The van der Waals surface area contributed by atoms with Crippen molar-refractivity contribution in [3.05, 3.63) is 82.4 Å². The zero-order chi connectivity index (χ0) is 30.4. The third kappa shape index (κ3) is 6.01. The first kappa shape index (κ1) is 30.3. The van der Waals surface area contributed by atoms with Crippen molar-refractivity contribution in [2.24, 2.45) is 0 Å². The number of hydrogen-bond acceptors (Lipinski definition) is 10. The highest BCUT2D eigenvalue weighted by molar-refractivity contribution is 7.17. The van der Waals surface area contributed by atoms with Crippen LogP contribution in [0.25, 0.3) is 5.76 Å². The first-order valence-corrected chi connectivity index (χ1v) is 14.2. The van der Waals surface area contributed by atoms with E-state index in [1.54, 1.807) is 49.4 Å². The smallest absolute Gasteiger partial charge is 0.350 e. The summed E-state index contributed by atoms with van der Waals surface area (Å²) in [6.07, 6.45) is 2.27. The summed E-state index contributed by atoms with van der Waals surface area (Å²) in [4.78, 5) is 45.6. The van der Waals surface area contributed by atoms with Gasteiger partial charge in [-0.3, -0.25) is 14.5 Å². The molecule has 2 heterocycles. The monoisotopic (exact) mass is 592 g/mol. The Morgan fingerprint density at radius 1 is 1.12 bits per heavy atom. The second-order valence-corrected chi connectivity index (χ2v) is 10.2. The number of hydrogen-bond donors (Lipinski definition) is 1. The first-order valence-electron chi connectivity index (χ1n) is 13.4. The van der Waals surface area contributed by atoms with Crippen LogP contribution in [0.2, 0.25) is 0 Å². The fourth-order valence-corrected chi connectivity index (χ4v) is 5.42. The van der Waals surface area contributed by atoms with E-state index in [1.165, 1.54) is 18.1 Å². The van der Waals surface area contributed by atoms with E-state index in [0.29, 0.717) is 47.3 Å². The van der Waals surface area contributed by atoms with Crippen LogP contribution in [0.5, 0.6) is 17.2 Å². The Balaban J connectivity index is 1.87. The van der Waals surface area contributed by atoms with E-state index in [2.05, 4.69) is 11.6 Å². The lowest BCUT2D eigenvalue weighted by Gasteiger charge is -2.24. The van der Waals surface area contributed by atoms with E-state index in [9.17, 15) is 19.5 Å². The number of rotatable bonds is 12. The molecule has 42 heavy (non-hydrogen) atoms. The maximum absolute atomic E-state index is 13.6. The van der Waals surface area contributed by atoms with Crippen LogP contribution in [0.4, 0.5) is 5.13 Å². The number of methoxy groups -OCH3 is 1. The van der Waals surface area contributed by atoms with Gasteiger partial charge in [0.2, 0.25) is 0 Å². The van der Waals surface area contributed by atoms with Gasteiger partial charge in [0, 0.05) is 5.56 Å². The standard InChI is InChI=1S/C31H32N2O8S/c1-6-15-40-21-12-9-19(10-13-21)26(34)24-25(20-11-14-22(39-8-3)23(17-20)38-5)33(29(36)27(24)35)31-32-18(4)28(42-31)30(37)41-16-7-2/h7,9-14,17,25,34H,2,6,8,15-16H2,1,3-5H3/b26-24+. The van der Waals surface area contributed by atoms with Gasteiger partial charge in [-0.2, -0.15) is 0 Å². The van der Waals surface area contributed by atoms with Gasteiger partial charge in [0.05, 0.1) is 37.6 Å². The normalized spacial score (nSPS) is 15.9. The fourth-order valence-electron chi connectivity index (χ4n) is 4.43. The van der Waals surface area contributed by atoms with E-state index in [0.717, 1.165) is 17.8 Å². The van der Waals surface area contributed by atoms with Crippen molar-refractivity contribution in [2.75, 3.05) is 31.8 Å². The Labute approximate surface area is 247 Å². The van der Waals surface area contributed by atoms with Gasteiger partial charge < -0.3 is 24.1 Å². The summed E-state index contributed by atoms with van der Waals surface area (Å²) in [6.45, 7) is 9.92. The number of anilines is 1. The molecule has 220 valence electrons. The number of nitrogens with zero attached hydrogens (tertiary/aromatic N) is 2. The molecule has 1 saturated heterocycles. The molecule has 0 radical (unpaired) electrons. The van der Waals surface area contributed by atoms with E-state index >= 15 is 0 Å². The Bertz CT molecular complexity index is 1530. The maximum Gasteiger partial charge on any atom is 0.350 e. The second kappa shape index (κ2) is 13.3. The predicted octanol–water partition coefficient (Wildman–Crippen LogP) is 5.62. The second-order valence-electron chi connectivity index (χ2n) is 9.18. The van der Waals surface area contributed by atoms with Gasteiger partial charge in [-0.25, -0.2) is 9.78 Å². The van der Waals surface area contributed by atoms with Gasteiger partial charge in [0.1, 0.15) is 23.0 Å². The zero-order valence-electron chi connectivity index (χ0n) is 23.8. The zero-order valence-corrected chi connectivity index (χ0v) is 24.7. The molecule has 1 aliphatic rings. The molecule has 0 saturated carbocycles. The number of benzene rings is 2. The van der Waals surface area contributed by atoms with Crippen LogP contribution >= 0.6 is 11.3 Å². The van der Waals surface area contributed by atoms with E-state index in [-0.39, 0.29) is 27.9 Å². The summed E-state index contributed by atoms with van der Waals surface area (Å²) in [5.74, 6) is -1.35. The largest absolute Gasteiger partial charge is 0.507 e. The number of Topliss-reactive ketones (excluding diaryl/α,β-unsaturated/α-hetero) is 1. The number of aryl methyl sites for hydroxylation is 1. The van der Waals surface area contributed by atoms with Crippen molar-refractivity contribution in [2.45, 2.75) is 33.2 Å². The van der Waals surface area contributed by atoms with E-state index in [1.807, 2.05) is 13.8 Å². The Kier molecular flexibility index (Phi) is 9.64. The molecule has 0 spiro atoms. The van der Waals surface area contributed by atoms with Crippen LogP contribution in [-0.4, -0.2) is 54.7 Å². The highest BCUT2D eigenvalue weighted by atomic mass is 32.1. The number of thiazole rings is 1. The van der Waals surface area contributed by atoms with Crippen LogP contribution in [-0.2, 0) is 14.3 Å². The van der Waals surface area contributed by atoms with E-state index in [4.69, 9.17) is 18.9 Å². The number of ketones is 1. The summed E-state index contributed by atoms with van der Waals surface area (Å²) in [5, 5.41) is 11.6. The first-order chi connectivity index (χ1) is 20.2. The minimum absolute atomic E-state index is 0.00424. The third-order valence-corrected chi connectivity index (χ3v) is 7.49. The molecule has 1 amide bonds. The molecule has 1 fully saturated rings. The van der Waals surface area contributed by atoms with Gasteiger partial charge in [0.15, 0.2) is 16.6 Å². The van der Waals surface area contributed by atoms with Crippen molar-refractivity contribution in [3.63, 3.8) is 0 Å². The molecule has 1 unspecified atom stereocenters. The fraction of sp³-hybridized carbons (Fsp3) is 0.290. The number of aromatic nitrogens is 1. The number of aliphatic hydroxyl groups is 1. The Morgan fingerprint density at radius 3 is 2.50 bits per heavy atom. The summed E-state index contributed by atoms with van der Waals surface area (Å²) in [7, 11) is 1.48. The van der Waals surface area contributed by atoms with Crippen molar-refractivity contribution in [1.82, 2.24) is 4.98 Å². The van der Waals surface area contributed by atoms with Crippen LogP contribution in [0.1, 0.15) is 52.8 Å². The summed E-state index contributed by atoms with van der Waals surface area (Å²) in [6, 6.07) is 10.5. The lowest BCUT2D eigenvalue weighted by molar-refractivity contribution is -0.132. The molecule has 11 heteroatoms. The highest BCUT2D eigenvalue weighted by Crippen LogP contribution is 2.45. The van der Waals surface area contributed by atoms with Crippen molar-refractivity contribution in [1.29, 1.82) is 0 Å². The highest BCUT2D eigenvalue weighted by Gasteiger charge is 2.48. The molecule has 4 rings (SSSR count).